The number of benzene rings is 2. The third-order valence-electron chi connectivity index (χ3n) is 3.45. The molecule has 0 unspecified atom stereocenters. The highest BCUT2D eigenvalue weighted by Gasteiger charge is 2.10. The van der Waals surface area contributed by atoms with Gasteiger partial charge in [-0.25, -0.2) is 0 Å². The Bertz CT molecular complexity index is 798. The molecule has 0 amide bonds. The van der Waals surface area contributed by atoms with Crippen LogP contribution in [-0.2, 0) is 16.0 Å². The minimum absolute atomic E-state index is 0.272. The molecule has 0 radical (unpaired) electrons. The van der Waals surface area contributed by atoms with Crippen LogP contribution in [0.3, 0.4) is 0 Å². The fraction of sp³-hybridized carbons (Fsp3) is 0.211. The predicted octanol–water partition coefficient (Wildman–Crippen LogP) is 3.59. The van der Waals surface area contributed by atoms with Crippen molar-refractivity contribution >= 4 is 5.97 Å². The van der Waals surface area contributed by atoms with Gasteiger partial charge >= 0.3 is 5.97 Å². The van der Waals surface area contributed by atoms with Crippen LogP contribution in [0.5, 0.6) is 0 Å². The normalized spacial score (nSPS) is 9.70. The molecule has 0 fully saturated rings. The highest BCUT2D eigenvalue weighted by molar-refractivity contribution is 5.74. The zero-order chi connectivity index (χ0) is 16.7. The lowest BCUT2D eigenvalue weighted by Gasteiger charge is -2.08. The third-order valence-corrected chi connectivity index (χ3v) is 3.45. The minimum Gasteiger partial charge on any atom is -0.466 e. The molecule has 0 bridgehead atoms. The molecule has 0 spiro atoms. The molecule has 4 heteroatoms. The van der Waals surface area contributed by atoms with E-state index in [-0.39, 0.29) is 5.97 Å². The minimum atomic E-state index is -0.272. The molecule has 2 aromatic carbocycles. The maximum atomic E-state index is 10.7. The fourth-order valence-corrected chi connectivity index (χ4v) is 2.39. The van der Waals surface area contributed by atoms with Crippen molar-refractivity contribution in [1.29, 1.82) is 10.5 Å². The van der Waals surface area contributed by atoms with Crippen LogP contribution in [0.15, 0.2) is 42.5 Å². The Kier molecular flexibility index (Phi) is 5.50. The number of aryl methyl sites for hydroxylation is 1. The molecule has 0 N–H and O–H groups in total. The fourth-order valence-electron chi connectivity index (χ4n) is 2.39. The summed E-state index contributed by atoms with van der Waals surface area (Å²) in [6, 6.07) is 17.3. The lowest BCUT2D eigenvalue weighted by Crippen LogP contribution is -2.01. The molecule has 0 aromatic heterocycles. The first kappa shape index (κ1) is 16.3. The molecule has 23 heavy (non-hydrogen) atoms. The van der Waals surface area contributed by atoms with Gasteiger partial charge in [-0.1, -0.05) is 36.4 Å². The summed E-state index contributed by atoms with van der Waals surface area (Å²) in [7, 11) is 0. The van der Waals surface area contributed by atoms with Crippen molar-refractivity contribution in [2.75, 3.05) is 6.61 Å². The average Bonchev–Trinajstić information content (AvgIpc) is 2.58. The summed E-state index contributed by atoms with van der Waals surface area (Å²) in [5.74, 6) is -0.272. The molecular weight excluding hydrogens is 288 g/mol. The van der Waals surface area contributed by atoms with Gasteiger partial charge in [-0.3, -0.25) is 4.79 Å². The van der Waals surface area contributed by atoms with Crippen LogP contribution in [0.25, 0.3) is 11.1 Å². The third kappa shape index (κ3) is 4.18. The van der Waals surface area contributed by atoms with Gasteiger partial charge in [-0.2, -0.15) is 10.5 Å². The maximum Gasteiger partial charge on any atom is 0.302 e. The van der Waals surface area contributed by atoms with Crippen LogP contribution in [0.2, 0.25) is 0 Å². The molecular formula is C19H16N2O2. The monoisotopic (exact) mass is 304 g/mol. The summed E-state index contributed by atoms with van der Waals surface area (Å²) in [4.78, 5) is 10.7. The van der Waals surface area contributed by atoms with E-state index < -0.39 is 0 Å². The van der Waals surface area contributed by atoms with Crippen molar-refractivity contribution in [2.45, 2.75) is 19.8 Å². The largest absolute Gasteiger partial charge is 0.466 e. The van der Waals surface area contributed by atoms with Gasteiger partial charge in [0.25, 0.3) is 0 Å². The first-order valence-corrected chi connectivity index (χ1v) is 7.31. The van der Waals surface area contributed by atoms with Crippen molar-refractivity contribution in [3.8, 4) is 23.3 Å². The van der Waals surface area contributed by atoms with Gasteiger partial charge < -0.3 is 4.74 Å². The van der Waals surface area contributed by atoms with E-state index in [1.807, 2.05) is 30.3 Å². The molecule has 2 rings (SSSR count). The molecule has 4 nitrogen and oxygen atoms in total. The summed E-state index contributed by atoms with van der Waals surface area (Å²) >= 11 is 0. The lowest BCUT2D eigenvalue weighted by atomic mass is 9.95. The number of ether oxygens (including phenoxy) is 1. The number of esters is 1. The van der Waals surface area contributed by atoms with Crippen molar-refractivity contribution in [3.05, 3.63) is 59.2 Å². The molecule has 114 valence electrons. The number of hydrogen-bond acceptors (Lipinski definition) is 4. The number of carbonyl (C=O) groups excluding carboxylic acids is 1. The first-order valence-electron chi connectivity index (χ1n) is 7.31. The Morgan fingerprint density at radius 2 is 1.91 bits per heavy atom. The topological polar surface area (TPSA) is 73.9 Å². The van der Waals surface area contributed by atoms with Crippen molar-refractivity contribution in [3.63, 3.8) is 0 Å². The molecule has 0 heterocycles. The summed E-state index contributed by atoms with van der Waals surface area (Å²) in [6.45, 7) is 1.79. The second-order valence-corrected chi connectivity index (χ2v) is 5.10. The van der Waals surface area contributed by atoms with Gasteiger partial charge in [0.05, 0.1) is 17.7 Å². The van der Waals surface area contributed by atoms with Crippen molar-refractivity contribution < 1.29 is 9.53 Å². The number of carbonyl (C=O) groups is 1. The highest BCUT2D eigenvalue weighted by atomic mass is 16.5. The summed E-state index contributed by atoms with van der Waals surface area (Å²) in [5, 5.41) is 18.5. The van der Waals surface area contributed by atoms with Gasteiger partial charge in [-0.15, -0.1) is 0 Å². The van der Waals surface area contributed by atoms with Crippen LogP contribution in [-0.4, -0.2) is 12.6 Å². The van der Waals surface area contributed by atoms with Gasteiger partial charge in [0, 0.05) is 12.5 Å². The Morgan fingerprint density at radius 1 is 1.13 bits per heavy atom. The van der Waals surface area contributed by atoms with Crippen LogP contribution in [0, 0.1) is 22.7 Å². The number of hydrogen-bond donors (Lipinski definition) is 0. The van der Waals surface area contributed by atoms with E-state index in [1.165, 1.54) is 6.92 Å². The van der Waals surface area contributed by atoms with Crippen LogP contribution in [0.1, 0.15) is 30.0 Å². The molecule has 0 saturated carbocycles. The number of nitrogens with zero attached hydrogens (tertiary/aromatic N) is 2. The van der Waals surface area contributed by atoms with Gasteiger partial charge in [-0.05, 0) is 30.0 Å². The Balaban J connectivity index is 2.22. The number of nitriles is 2. The van der Waals surface area contributed by atoms with E-state index in [0.29, 0.717) is 17.7 Å². The summed E-state index contributed by atoms with van der Waals surface area (Å²) in [6.07, 6.45) is 1.52. The first-order chi connectivity index (χ1) is 11.2. The Labute approximate surface area is 135 Å². The SMILES string of the molecule is CC(=O)OCCCc1cccc(-c2cccc(C#N)c2C#N)c1. The smallest absolute Gasteiger partial charge is 0.302 e. The van der Waals surface area contributed by atoms with E-state index in [9.17, 15) is 10.1 Å². The van der Waals surface area contributed by atoms with E-state index in [1.54, 1.807) is 12.1 Å². The van der Waals surface area contributed by atoms with Crippen LogP contribution < -0.4 is 0 Å². The van der Waals surface area contributed by atoms with Crippen LogP contribution >= 0.6 is 0 Å². The van der Waals surface area contributed by atoms with E-state index >= 15 is 0 Å². The van der Waals surface area contributed by atoms with Gasteiger partial charge in [0.15, 0.2) is 0 Å². The zero-order valence-electron chi connectivity index (χ0n) is 12.9. The van der Waals surface area contributed by atoms with Crippen LogP contribution in [0.4, 0.5) is 0 Å². The standard InChI is InChI=1S/C19H16N2O2/c1-14(22)23-10-4-6-15-5-2-7-16(11-15)18-9-3-8-17(12-20)19(18)13-21/h2-3,5,7-9,11H,4,6,10H2,1H3. The molecule has 0 saturated heterocycles. The Hall–Kier alpha value is -3.11. The maximum absolute atomic E-state index is 10.7. The lowest BCUT2D eigenvalue weighted by molar-refractivity contribution is -0.141. The second-order valence-electron chi connectivity index (χ2n) is 5.10. The predicted molar refractivity (Wildman–Crippen MR) is 86.3 cm³/mol. The van der Waals surface area contributed by atoms with E-state index in [0.717, 1.165) is 29.5 Å². The molecule has 0 aliphatic carbocycles. The number of rotatable bonds is 5. The molecule has 0 aliphatic heterocycles. The summed E-state index contributed by atoms with van der Waals surface area (Å²) in [5.41, 5.74) is 3.54. The highest BCUT2D eigenvalue weighted by Crippen LogP contribution is 2.26. The molecule has 0 aliphatic rings. The quantitative estimate of drug-likeness (QED) is 0.625. The zero-order valence-corrected chi connectivity index (χ0v) is 12.9. The summed E-state index contributed by atoms with van der Waals surface area (Å²) < 4.78 is 4.93. The second kappa shape index (κ2) is 7.77. The Morgan fingerprint density at radius 3 is 2.61 bits per heavy atom. The van der Waals surface area contributed by atoms with E-state index in [4.69, 9.17) is 10.00 Å². The van der Waals surface area contributed by atoms with Crippen molar-refractivity contribution in [2.24, 2.45) is 0 Å². The van der Waals surface area contributed by atoms with Gasteiger partial charge in [0.1, 0.15) is 12.1 Å². The van der Waals surface area contributed by atoms with Gasteiger partial charge in [0.2, 0.25) is 0 Å². The molecule has 0 atom stereocenters. The van der Waals surface area contributed by atoms with Crippen molar-refractivity contribution in [1.82, 2.24) is 0 Å². The average molecular weight is 304 g/mol. The van der Waals surface area contributed by atoms with E-state index in [2.05, 4.69) is 12.1 Å². The molecule has 2 aromatic rings.